The Balaban J connectivity index is 2.10. The molecule has 0 heterocycles. The highest BCUT2D eigenvalue weighted by atomic mass is 32.2. The summed E-state index contributed by atoms with van der Waals surface area (Å²) in [4.78, 5) is 0.194. The van der Waals surface area contributed by atoms with E-state index in [-0.39, 0.29) is 4.90 Å². The Bertz CT molecular complexity index is 612. The molecule has 1 aliphatic carbocycles. The molecule has 5 heteroatoms. The Kier molecular flexibility index (Phi) is 4.60. The number of hydrogen-bond acceptors (Lipinski definition) is 2. The Hall–Kier alpha value is -1.20. The molecule has 0 amide bonds. The second-order valence-electron chi connectivity index (χ2n) is 5.27. The maximum absolute atomic E-state index is 13.2. The first-order chi connectivity index (χ1) is 9.40. The van der Waals surface area contributed by atoms with Crippen LogP contribution in [0, 0.1) is 19.7 Å². The van der Waals surface area contributed by atoms with Crippen LogP contribution < -0.4 is 4.72 Å². The molecule has 0 aromatic heterocycles. The van der Waals surface area contributed by atoms with Crippen molar-refractivity contribution in [1.82, 2.24) is 4.72 Å². The van der Waals surface area contributed by atoms with Crippen LogP contribution in [0.2, 0.25) is 0 Å². The van der Waals surface area contributed by atoms with Crippen molar-refractivity contribution in [3.05, 3.63) is 40.7 Å². The maximum atomic E-state index is 13.2. The minimum absolute atomic E-state index is 0.194. The van der Waals surface area contributed by atoms with Crippen LogP contribution in [0.15, 0.2) is 28.7 Å². The molecular weight excluding hydrogens is 277 g/mol. The van der Waals surface area contributed by atoms with Crippen molar-refractivity contribution in [3.63, 3.8) is 0 Å². The van der Waals surface area contributed by atoms with Crippen molar-refractivity contribution in [1.29, 1.82) is 0 Å². The standard InChI is InChI=1S/C15H20FNO2S/c1-11-9-14(16)10-12(2)15(11)20(18,19)17-8-7-13-5-3-4-6-13/h5,9-10,17H,3-4,6-8H2,1-2H3. The SMILES string of the molecule is Cc1cc(F)cc(C)c1S(=O)(=O)NCCC1=CCCC1. The molecule has 0 radical (unpaired) electrons. The second-order valence-corrected chi connectivity index (χ2v) is 6.97. The van der Waals surface area contributed by atoms with E-state index in [4.69, 9.17) is 0 Å². The quantitative estimate of drug-likeness (QED) is 0.848. The molecule has 110 valence electrons. The van der Waals surface area contributed by atoms with E-state index in [0.29, 0.717) is 17.7 Å². The van der Waals surface area contributed by atoms with E-state index in [9.17, 15) is 12.8 Å². The van der Waals surface area contributed by atoms with Crippen LogP contribution in [0.3, 0.4) is 0 Å². The van der Waals surface area contributed by atoms with Gasteiger partial charge in [-0.3, -0.25) is 0 Å². The lowest BCUT2D eigenvalue weighted by atomic mass is 10.1. The molecule has 1 aromatic carbocycles. The zero-order valence-electron chi connectivity index (χ0n) is 11.9. The Morgan fingerprint density at radius 3 is 2.45 bits per heavy atom. The average molecular weight is 297 g/mol. The summed E-state index contributed by atoms with van der Waals surface area (Å²) in [6.45, 7) is 3.62. The fourth-order valence-corrected chi connectivity index (χ4v) is 4.18. The Labute approximate surface area is 119 Å². The van der Waals surface area contributed by atoms with Gasteiger partial charge in [-0.2, -0.15) is 0 Å². The highest BCUT2D eigenvalue weighted by molar-refractivity contribution is 7.89. The van der Waals surface area contributed by atoms with E-state index in [1.54, 1.807) is 13.8 Å². The molecule has 0 unspecified atom stereocenters. The highest BCUT2D eigenvalue weighted by Crippen LogP contribution is 2.22. The molecule has 0 saturated heterocycles. The minimum Gasteiger partial charge on any atom is -0.211 e. The lowest BCUT2D eigenvalue weighted by molar-refractivity contribution is 0.578. The van der Waals surface area contributed by atoms with Crippen LogP contribution in [0.4, 0.5) is 4.39 Å². The molecule has 0 atom stereocenters. The predicted octanol–water partition coefficient (Wildman–Crippen LogP) is 3.22. The summed E-state index contributed by atoms with van der Waals surface area (Å²) in [7, 11) is -3.57. The Morgan fingerprint density at radius 1 is 1.25 bits per heavy atom. The summed E-state index contributed by atoms with van der Waals surface area (Å²) in [5.41, 5.74) is 2.20. The van der Waals surface area contributed by atoms with Gasteiger partial charge in [0.05, 0.1) is 4.90 Å². The van der Waals surface area contributed by atoms with Crippen LogP contribution in [0.25, 0.3) is 0 Å². The smallest absolute Gasteiger partial charge is 0.211 e. The normalized spacial score (nSPS) is 15.4. The predicted molar refractivity (Wildman–Crippen MR) is 77.6 cm³/mol. The first-order valence-corrected chi connectivity index (χ1v) is 8.33. The third-order valence-corrected chi connectivity index (χ3v) is 5.33. The summed E-state index contributed by atoms with van der Waals surface area (Å²) in [6.07, 6.45) is 6.26. The van der Waals surface area contributed by atoms with Gasteiger partial charge in [0.1, 0.15) is 5.82 Å². The summed E-state index contributed by atoms with van der Waals surface area (Å²) >= 11 is 0. The first-order valence-electron chi connectivity index (χ1n) is 6.84. The van der Waals surface area contributed by atoms with Gasteiger partial charge in [0.15, 0.2) is 0 Å². The fourth-order valence-electron chi connectivity index (χ4n) is 2.70. The molecular formula is C15H20FNO2S. The summed E-state index contributed by atoms with van der Waals surface area (Å²) in [6, 6.07) is 2.50. The number of allylic oxidation sites excluding steroid dienone is 1. The molecule has 20 heavy (non-hydrogen) atoms. The van der Waals surface area contributed by atoms with E-state index in [2.05, 4.69) is 10.8 Å². The lowest BCUT2D eigenvalue weighted by Crippen LogP contribution is -2.26. The van der Waals surface area contributed by atoms with Crippen molar-refractivity contribution in [2.24, 2.45) is 0 Å². The first kappa shape index (κ1) is 15.2. The number of hydrogen-bond donors (Lipinski definition) is 1. The van der Waals surface area contributed by atoms with Crippen LogP contribution in [0.1, 0.15) is 36.8 Å². The number of aryl methyl sites for hydroxylation is 2. The van der Waals surface area contributed by atoms with Crippen molar-refractivity contribution in [2.75, 3.05) is 6.54 Å². The highest BCUT2D eigenvalue weighted by Gasteiger charge is 2.20. The van der Waals surface area contributed by atoms with Gasteiger partial charge in [-0.1, -0.05) is 11.6 Å². The van der Waals surface area contributed by atoms with E-state index < -0.39 is 15.8 Å². The topological polar surface area (TPSA) is 46.2 Å². The third kappa shape index (κ3) is 3.46. The van der Waals surface area contributed by atoms with Gasteiger partial charge in [-0.15, -0.1) is 0 Å². The van der Waals surface area contributed by atoms with Crippen molar-refractivity contribution in [3.8, 4) is 0 Å². The molecule has 1 N–H and O–H groups in total. The monoisotopic (exact) mass is 297 g/mol. The summed E-state index contributed by atoms with van der Waals surface area (Å²) in [5.74, 6) is -0.407. The van der Waals surface area contributed by atoms with Crippen molar-refractivity contribution < 1.29 is 12.8 Å². The molecule has 0 bridgehead atoms. The number of sulfonamides is 1. The molecule has 0 saturated carbocycles. The number of halogens is 1. The molecule has 3 nitrogen and oxygen atoms in total. The van der Waals surface area contributed by atoms with E-state index in [1.165, 1.54) is 17.7 Å². The van der Waals surface area contributed by atoms with Gasteiger partial charge in [0.25, 0.3) is 0 Å². The molecule has 1 aliphatic rings. The van der Waals surface area contributed by atoms with Crippen molar-refractivity contribution >= 4 is 10.0 Å². The van der Waals surface area contributed by atoms with Gasteiger partial charge in [-0.25, -0.2) is 17.5 Å². The van der Waals surface area contributed by atoms with Gasteiger partial charge in [0, 0.05) is 6.54 Å². The van der Waals surface area contributed by atoms with E-state index in [1.807, 2.05) is 0 Å². The van der Waals surface area contributed by atoms with Gasteiger partial charge >= 0.3 is 0 Å². The van der Waals surface area contributed by atoms with Crippen molar-refractivity contribution in [2.45, 2.75) is 44.4 Å². The Morgan fingerprint density at radius 2 is 1.90 bits per heavy atom. The van der Waals surface area contributed by atoms with Crippen LogP contribution in [0.5, 0.6) is 0 Å². The van der Waals surface area contributed by atoms with Crippen LogP contribution in [-0.4, -0.2) is 15.0 Å². The molecule has 0 fully saturated rings. The average Bonchev–Trinajstić information content (AvgIpc) is 2.79. The second kappa shape index (κ2) is 6.06. The van der Waals surface area contributed by atoms with E-state index >= 15 is 0 Å². The van der Waals surface area contributed by atoms with Gasteiger partial charge < -0.3 is 0 Å². The zero-order chi connectivity index (χ0) is 14.8. The van der Waals surface area contributed by atoms with Gasteiger partial charge in [0.2, 0.25) is 10.0 Å². The fraction of sp³-hybridized carbons (Fsp3) is 0.467. The van der Waals surface area contributed by atoms with E-state index in [0.717, 1.165) is 25.7 Å². The molecule has 0 spiro atoms. The largest absolute Gasteiger partial charge is 0.241 e. The zero-order valence-corrected chi connectivity index (χ0v) is 12.7. The number of benzene rings is 1. The van der Waals surface area contributed by atoms with Crippen LogP contribution >= 0.6 is 0 Å². The summed E-state index contributed by atoms with van der Waals surface area (Å²) in [5, 5.41) is 0. The third-order valence-electron chi connectivity index (χ3n) is 3.57. The number of nitrogens with one attached hydrogen (secondary N) is 1. The molecule has 0 aliphatic heterocycles. The lowest BCUT2D eigenvalue weighted by Gasteiger charge is -2.12. The molecule has 1 aromatic rings. The molecule has 2 rings (SSSR count). The number of rotatable bonds is 5. The van der Waals surface area contributed by atoms with Crippen LogP contribution in [-0.2, 0) is 10.0 Å². The van der Waals surface area contributed by atoms with Gasteiger partial charge in [-0.05, 0) is 62.8 Å². The minimum atomic E-state index is -3.57. The summed E-state index contributed by atoms with van der Waals surface area (Å²) < 4.78 is 40.5. The maximum Gasteiger partial charge on any atom is 0.241 e.